The number of rotatable bonds is 8. The highest BCUT2D eigenvalue weighted by Gasteiger charge is 2.12. The number of benzene rings is 2. The lowest BCUT2D eigenvalue weighted by Crippen LogP contribution is -2.01. The molecule has 0 aliphatic rings. The zero-order valence-corrected chi connectivity index (χ0v) is 16.2. The second-order valence-electron chi connectivity index (χ2n) is 6.28. The minimum atomic E-state index is 0. The van der Waals surface area contributed by atoms with E-state index >= 15 is 0 Å². The lowest BCUT2D eigenvalue weighted by atomic mass is 10.0. The molecule has 0 saturated heterocycles. The van der Waals surface area contributed by atoms with Crippen molar-refractivity contribution < 1.29 is 9.32 Å². The van der Waals surface area contributed by atoms with Crippen molar-refractivity contribution in [2.24, 2.45) is 5.73 Å². The predicted molar refractivity (Wildman–Crippen MR) is 108 cm³/mol. The molecule has 0 fully saturated rings. The summed E-state index contributed by atoms with van der Waals surface area (Å²) < 4.78 is 5.27. The van der Waals surface area contributed by atoms with Crippen LogP contribution in [0.2, 0.25) is 0 Å². The number of aryl methyl sites for hydroxylation is 2. The predicted octanol–water partition coefficient (Wildman–Crippen LogP) is 4.39. The Hall–Kier alpha value is -2.50. The van der Waals surface area contributed by atoms with Crippen LogP contribution >= 0.6 is 12.4 Å². The number of aromatic nitrogens is 2. The van der Waals surface area contributed by atoms with Crippen LogP contribution in [0.4, 0.5) is 0 Å². The van der Waals surface area contributed by atoms with E-state index in [0.29, 0.717) is 31.1 Å². The molecule has 2 aromatic carbocycles. The molecule has 0 amide bonds. The van der Waals surface area contributed by atoms with E-state index in [2.05, 4.69) is 17.1 Å². The average Bonchev–Trinajstić information content (AvgIpc) is 3.16. The van der Waals surface area contributed by atoms with Gasteiger partial charge in [0.25, 0.3) is 0 Å². The summed E-state index contributed by atoms with van der Waals surface area (Å²) in [5, 5.41) is 4.00. The van der Waals surface area contributed by atoms with Gasteiger partial charge in [0.1, 0.15) is 0 Å². The zero-order valence-electron chi connectivity index (χ0n) is 15.4. The lowest BCUT2D eigenvalue weighted by molar-refractivity contribution is 0.0979. The molecule has 1 heterocycles. The highest BCUT2D eigenvalue weighted by molar-refractivity contribution is 5.96. The fourth-order valence-corrected chi connectivity index (χ4v) is 2.77. The first-order valence-corrected chi connectivity index (χ1v) is 8.93. The Morgan fingerprint density at radius 2 is 1.67 bits per heavy atom. The first-order chi connectivity index (χ1) is 12.7. The number of carbonyl (C=O) groups excluding carboxylic acids is 1. The maximum absolute atomic E-state index is 12.3. The summed E-state index contributed by atoms with van der Waals surface area (Å²) in [6, 6.07) is 15.5. The molecule has 5 nitrogen and oxygen atoms in total. The van der Waals surface area contributed by atoms with Crippen molar-refractivity contribution in [2.45, 2.75) is 39.2 Å². The molecule has 0 bridgehead atoms. The van der Waals surface area contributed by atoms with Gasteiger partial charge in [0, 0.05) is 30.5 Å². The summed E-state index contributed by atoms with van der Waals surface area (Å²) in [4.78, 5) is 16.7. The molecule has 0 spiro atoms. The van der Waals surface area contributed by atoms with E-state index in [1.807, 2.05) is 48.5 Å². The first-order valence-electron chi connectivity index (χ1n) is 8.93. The van der Waals surface area contributed by atoms with Crippen molar-refractivity contribution >= 4 is 18.2 Å². The van der Waals surface area contributed by atoms with Crippen molar-refractivity contribution in [1.82, 2.24) is 10.1 Å². The van der Waals surface area contributed by atoms with Gasteiger partial charge in [0.05, 0.1) is 0 Å². The highest BCUT2D eigenvalue weighted by Crippen LogP contribution is 2.17. The molecule has 27 heavy (non-hydrogen) atoms. The molecule has 1 aromatic heterocycles. The molecule has 0 radical (unpaired) electrons. The lowest BCUT2D eigenvalue weighted by Gasteiger charge is -2.02. The summed E-state index contributed by atoms with van der Waals surface area (Å²) in [6.45, 7) is 2.64. The van der Waals surface area contributed by atoms with E-state index in [1.165, 1.54) is 5.56 Å². The second-order valence-corrected chi connectivity index (χ2v) is 6.28. The minimum Gasteiger partial charge on any atom is -0.339 e. The van der Waals surface area contributed by atoms with Gasteiger partial charge in [-0.3, -0.25) is 4.79 Å². The normalized spacial score (nSPS) is 10.4. The monoisotopic (exact) mass is 385 g/mol. The van der Waals surface area contributed by atoms with Crippen LogP contribution in [0.1, 0.15) is 47.1 Å². The van der Waals surface area contributed by atoms with Gasteiger partial charge in [-0.2, -0.15) is 4.98 Å². The largest absolute Gasteiger partial charge is 0.339 e. The summed E-state index contributed by atoms with van der Waals surface area (Å²) in [5.74, 6) is 1.08. The van der Waals surface area contributed by atoms with Crippen LogP contribution in [0.15, 0.2) is 53.1 Å². The molecule has 0 saturated carbocycles. The minimum absolute atomic E-state index is 0. The Bertz CT molecular complexity index is 858. The molecule has 6 heteroatoms. The number of nitrogens with zero attached hydrogens (tertiary/aromatic N) is 2. The third kappa shape index (κ3) is 5.49. The number of hydrogen-bond donors (Lipinski definition) is 1. The quantitative estimate of drug-likeness (QED) is 0.581. The SMILES string of the molecule is CCCc1ccc(C(=O)CCc2nc(-c3ccc(CN)cc3)no2)cc1.Cl. The summed E-state index contributed by atoms with van der Waals surface area (Å²) in [7, 11) is 0. The van der Waals surface area contributed by atoms with Crippen LogP contribution in [0, 0.1) is 0 Å². The third-order valence-corrected chi connectivity index (χ3v) is 4.30. The van der Waals surface area contributed by atoms with Gasteiger partial charge in [-0.15, -0.1) is 12.4 Å². The molecule has 2 N–H and O–H groups in total. The molecule has 142 valence electrons. The van der Waals surface area contributed by atoms with Crippen LogP contribution in [0.3, 0.4) is 0 Å². The molecule has 3 rings (SSSR count). The van der Waals surface area contributed by atoms with E-state index in [9.17, 15) is 4.79 Å². The maximum atomic E-state index is 12.3. The van der Waals surface area contributed by atoms with Crippen molar-refractivity contribution in [2.75, 3.05) is 0 Å². The summed E-state index contributed by atoms with van der Waals surface area (Å²) in [6.07, 6.45) is 2.91. The van der Waals surface area contributed by atoms with E-state index in [4.69, 9.17) is 10.3 Å². The first kappa shape index (κ1) is 20.8. The number of Topliss-reactive ketones (excluding diaryl/α,β-unsaturated/α-hetero) is 1. The topological polar surface area (TPSA) is 82.0 Å². The van der Waals surface area contributed by atoms with Crippen LogP contribution in [-0.2, 0) is 19.4 Å². The standard InChI is InChI=1S/C21H23N3O2.ClH/c1-2-3-15-4-8-17(9-5-15)19(25)12-13-20-23-21(24-26-20)18-10-6-16(14-22)7-11-18;/h4-11H,2-3,12-14,22H2,1H3;1H. The van der Waals surface area contributed by atoms with Crippen molar-refractivity contribution in [1.29, 1.82) is 0 Å². The van der Waals surface area contributed by atoms with Gasteiger partial charge in [0.2, 0.25) is 11.7 Å². The Morgan fingerprint density at radius 3 is 2.30 bits per heavy atom. The average molecular weight is 386 g/mol. The van der Waals surface area contributed by atoms with Gasteiger partial charge in [-0.05, 0) is 17.5 Å². The summed E-state index contributed by atoms with van der Waals surface area (Å²) >= 11 is 0. The Labute approximate surface area is 165 Å². The number of hydrogen-bond acceptors (Lipinski definition) is 5. The molecule has 0 aliphatic carbocycles. The Kier molecular flexibility index (Phi) is 7.70. The van der Waals surface area contributed by atoms with E-state index in [-0.39, 0.29) is 18.2 Å². The van der Waals surface area contributed by atoms with Crippen LogP contribution in [0.5, 0.6) is 0 Å². The van der Waals surface area contributed by atoms with E-state index in [0.717, 1.165) is 29.5 Å². The molecular formula is C21H24ClN3O2. The van der Waals surface area contributed by atoms with Gasteiger partial charge >= 0.3 is 0 Å². The molecular weight excluding hydrogens is 362 g/mol. The third-order valence-electron chi connectivity index (χ3n) is 4.30. The number of nitrogens with two attached hydrogens (primary N) is 1. The van der Waals surface area contributed by atoms with E-state index < -0.39 is 0 Å². The van der Waals surface area contributed by atoms with Crippen LogP contribution < -0.4 is 5.73 Å². The van der Waals surface area contributed by atoms with E-state index in [1.54, 1.807) is 0 Å². The van der Waals surface area contributed by atoms with Crippen molar-refractivity contribution in [3.63, 3.8) is 0 Å². The number of ketones is 1. The van der Waals surface area contributed by atoms with Crippen molar-refractivity contribution in [3.8, 4) is 11.4 Å². The molecule has 0 unspecified atom stereocenters. The fourth-order valence-electron chi connectivity index (χ4n) is 2.77. The molecule has 3 aromatic rings. The smallest absolute Gasteiger partial charge is 0.227 e. The van der Waals surface area contributed by atoms with Gasteiger partial charge < -0.3 is 10.3 Å². The Morgan fingerprint density at radius 1 is 1.00 bits per heavy atom. The number of halogens is 1. The highest BCUT2D eigenvalue weighted by atomic mass is 35.5. The molecule has 0 atom stereocenters. The van der Waals surface area contributed by atoms with Gasteiger partial charge in [0.15, 0.2) is 5.78 Å². The van der Waals surface area contributed by atoms with Crippen LogP contribution in [-0.4, -0.2) is 15.9 Å². The van der Waals surface area contributed by atoms with Crippen LogP contribution in [0.25, 0.3) is 11.4 Å². The maximum Gasteiger partial charge on any atom is 0.227 e. The van der Waals surface area contributed by atoms with Crippen molar-refractivity contribution in [3.05, 3.63) is 71.1 Å². The second kappa shape index (κ2) is 10.00. The Balaban J connectivity index is 0.00000261. The number of carbonyl (C=O) groups is 1. The van der Waals surface area contributed by atoms with Gasteiger partial charge in [-0.1, -0.05) is 67.0 Å². The fraction of sp³-hybridized carbons (Fsp3) is 0.286. The zero-order chi connectivity index (χ0) is 18.4. The molecule has 0 aliphatic heterocycles. The van der Waals surface area contributed by atoms with Gasteiger partial charge in [-0.25, -0.2) is 0 Å². The summed E-state index contributed by atoms with van der Waals surface area (Å²) in [5.41, 5.74) is 9.50.